The second kappa shape index (κ2) is 10.9. The van der Waals surface area contributed by atoms with Crippen molar-refractivity contribution in [3.63, 3.8) is 0 Å². The van der Waals surface area contributed by atoms with Crippen LogP contribution in [0.25, 0.3) is 0 Å². The zero-order chi connectivity index (χ0) is 26.1. The fourth-order valence-corrected chi connectivity index (χ4v) is 9.74. The van der Waals surface area contributed by atoms with E-state index in [-0.39, 0.29) is 11.8 Å². The summed E-state index contributed by atoms with van der Waals surface area (Å²) in [5, 5.41) is 2.84. The van der Waals surface area contributed by atoms with Crippen LogP contribution in [0.2, 0.25) is 0 Å². The van der Waals surface area contributed by atoms with E-state index in [1.807, 2.05) is 19.2 Å². The third-order valence-electron chi connectivity index (χ3n) is 7.35. The molecule has 2 aliphatic heterocycles. The molecule has 0 saturated carbocycles. The van der Waals surface area contributed by atoms with Gasteiger partial charge in [-0.25, -0.2) is 21.8 Å². The molecule has 0 spiro atoms. The van der Waals surface area contributed by atoms with E-state index in [9.17, 15) is 16.8 Å². The first-order valence-corrected chi connectivity index (χ1v) is 16.3. The van der Waals surface area contributed by atoms with Crippen LogP contribution in [0, 0.1) is 20.8 Å². The highest BCUT2D eigenvalue weighted by Gasteiger charge is 2.37. The molecule has 0 bridgehead atoms. The molecular formula is C24H36N4O5S3. The molecule has 1 aromatic heterocycles. The van der Waals surface area contributed by atoms with Crippen LogP contribution in [-0.4, -0.2) is 82.1 Å². The average Bonchev–Trinajstić information content (AvgIpc) is 3.54. The molecule has 0 unspecified atom stereocenters. The summed E-state index contributed by atoms with van der Waals surface area (Å²) in [5.41, 5.74) is 2.19. The zero-order valence-electron chi connectivity index (χ0n) is 21.4. The second-order valence-corrected chi connectivity index (χ2v) is 14.3. The number of hydrogen-bond donors (Lipinski definition) is 0. The first kappa shape index (κ1) is 27.3. The van der Waals surface area contributed by atoms with Gasteiger partial charge in [-0.1, -0.05) is 0 Å². The topological polar surface area (TPSA) is 100 Å². The highest BCUT2D eigenvalue weighted by molar-refractivity contribution is 7.89. The van der Waals surface area contributed by atoms with Crippen molar-refractivity contribution < 1.29 is 21.6 Å². The summed E-state index contributed by atoms with van der Waals surface area (Å²) in [6.45, 7) is 8.10. The van der Waals surface area contributed by atoms with Gasteiger partial charge >= 0.3 is 0 Å². The summed E-state index contributed by atoms with van der Waals surface area (Å²) < 4.78 is 62.0. The largest absolute Gasteiger partial charge is 0.496 e. The number of ether oxygens (including phenoxy) is 1. The lowest BCUT2D eigenvalue weighted by molar-refractivity contribution is 0.362. The molecule has 1 aromatic carbocycles. The molecular weight excluding hydrogens is 520 g/mol. The number of rotatable bonds is 9. The molecule has 4 rings (SSSR count). The van der Waals surface area contributed by atoms with E-state index in [1.165, 1.54) is 0 Å². The number of sulfonamides is 2. The number of nitrogens with zero attached hydrogens (tertiary/aromatic N) is 4. The van der Waals surface area contributed by atoms with Crippen molar-refractivity contribution in [2.24, 2.45) is 0 Å². The Bertz CT molecular complexity index is 1270. The number of anilines is 1. The smallest absolute Gasteiger partial charge is 0.243 e. The van der Waals surface area contributed by atoms with Crippen LogP contribution >= 0.6 is 11.3 Å². The van der Waals surface area contributed by atoms with Crippen LogP contribution in [0.5, 0.6) is 5.75 Å². The van der Waals surface area contributed by atoms with Crippen LogP contribution in [-0.2, 0) is 20.0 Å². The summed E-state index contributed by atoms with van der Waals surface area (Å²) in [5.74, 6) is 0.716. The Morgan fingerprint density at radius 3 is 2.42 bits per heavy atom. The first-order valence-electron chi connectivity index (χ1n) is 12.3. The lowest BCUT2D eigenvalue weighted by Gasteiger charge is -2.34. The van der Waals surface area contributed by atoms with E-state index < -0.39 is 20.0 Å². The summed E-state index contributed by atoms with van der Waals surface area (Å²) in [7, 11) is -5.51. The molecule has 0 aliphatic carbocycles. The van der Waals surface area contributed by atoms with E-state index in [4.69, 9.17) is 4.74 Å². The molecule has 200 valence electrons. The number of benzene rings is 1. The van der Waals surface area contributed by atoms with Crippen molar-refractivity contribution in [3.8, 4) is 5.75 Å². The van der Waals surface area contributed by atoms with Crippen LogP contribution in [0.1, 0.15) is 42.4 Å². The molecule has 12 heteroatoms. The molecule has 2 aromatic rings. The van der Waals surface area contributed by atoms with Crippen molar-refractivity contribution in [3.05, 3.63) is 34.3 Å². The molecule has 0 amide bonds. The Hall–Kier alpha value is -1.73. The molecule has 2 fully saturated rings. The maximum Gasteiger partial charge on any atom is 0.243 e. The summed E-state index contributed by atoms with van der Waals surface area (Å²) in [4.78, 5) is 6.77. The lowest BCUT2D eigenvalue weighted by Crippen LogP contribution is -2.49. The Balaban J connectivity index is 1.38. The normalized spacial score (nSPS) is 20.2. The Kier molecular flexibility index (Phi) is 8.30. The third-order valence-corrected chi connectivity index (χ3v) is 12.4. The van der Waals surface area contributed by atoms with Gasteiger partial charge in [-0.15, -0.1) is 11.3 Å². The maximum atomic E-state index is 13.7. The standard InChI is InChI=1S/C24H36N4O5S3/c1-18-17-22(33-4)19(2)20(3)23(18)36(31,32)28-10-5-7-21(28)8-6-16-35(29,30)27-13-11-26(12-14-27)24-25-9-15-34-24/h9,15,17,21H,5-8,10-14,16H2,1-4H3/t21-/m1/s1. The van der Waals surface area contributed by atoms with Gasteiger partial charge in [0.25, 0.3) is 0 Å². The number of hydrogen-bond acceptors (Lipinski definition) is 8. The molecule has 2 saturated heterocycles. The number of thiazole rings is 1. The van der Waals surface area contributed by atoms with Gasteiger partial charge in [0.15, 0.2) is 5.13 Å². The highest BCUT2D eigenvalue weighted by atomic mass is 32.2. The Morgan fingerprint density at radius 1 is 1.06 bits per heavy atom. The van der Waals surface area contributed by atoms with Crippen molar-refractivity contribution in [1.82, 2.24) is 13.6 Å². The van der Waals surface area contributed by atoms with Crippen LogP contribution in [0.3, 0.4) is 0 Å². The fourth-order valence-electron chi connectivity index (χ4n) is 5.32. The van der Waals surface area contributed by atoms with E-state index in [0.717, 1.165) is 23.5 Å². The van der Waals surface area contributed by atoms with Crippen molar-refractivity contribution in [2.75, 3.05) is 50.5 Å². The predicted octanol–water partition coefficient (Wildman–Crippen LogP) is 3.16. The maximum absolute atomic E-state index is 13.7. The Morgan fingerprint density at radius 2 is 1.78 bits per heavy atom. The van der Waals surface area contributed by atoms with Crippen LogP contribution in [0.15, 0.2) is 22.5 Å². The van der Waals surface area contributed by atoms with Gasteiger partial charge in [0, 0.05) is 50.3 Å². The Labute approximate surface area is 219 Å². The number of aryl methyl sites for hydroxylation is 1. The van der Waals surface area contributed by atoms with Gasteiger partial charge in [-0.3, -0.25) is 0 Å². The number of methoxy groups -OCH3 is 1. The van der Waals surface area contributed by atoms with E-state index in [1.54, 1.807) is 46.2 Å². The third kappa shape index (κ3) is 5.42. The SMILES string of the molecule is COc1cc(C)c(S(=O)(=O)N2CCC[C@@H]2CCCS(=O)(=O)N2CCN(c3nccs3)CC2)c(C)c1C. The van der Waals surface area contributed by atoms with Crippen molar-refractivity contribution in [1.29, 1.82) is 0 Å². The minimum atomic E-state index is -3.70. The van der Waals surface area contributed by atoms with Gasteiger partial charge < -0.3 is 9.64 Å². The summed E-state index contributed by atoms with van der Waals surface area (Å²) >= 11 is 1.56. The number of piperazine rings is 1. The van der Waals surface area contributed by atoms with Crippen LogP contribution < -0.4 is 9.64 Å². The molecule has 0 radical (unpaired) electrons. The molecule has 2 aliphatic rings. The molecule has 0 N–H and O–H groups in total. The fraction of sp³-hybridized carbons (Fsp3) is 0.625. The van der Waals surface area contributed by atoms with Gasteiger partial charge in [-0.2, -0.15) is 8.61 Å². The van der Waals surface area contributed by atoms with E-state index >= 15 is 0 Å². The van der Waals surface area contributed by atoms with Crippen molar-refractivity contribution in [2.45, 2.75) is 57.4 Å². The first-order chi connectivity index (χ1) is 17.1. The number of aromatic nitrogens is 1. The van der Waals surface area contributed by atoms with Gasteiger partial charge in [-0.05, 0) is 69.2 Å². The van der Waals surface area contributed by atoms with Gasteiger partial charge in [0.05, 0.1) is 17.8 Å². The van der Waals surface area contributed by atoms with Gasteiger partial charge in [0.1, 0.15) is 5.75 Å². The second-order valence-electron chi connectivity index (χ2n) is 9.55. The van der Waals surface area contributed by atoms with Crippen LogP contribution in [0.4, 0.5) is 5.13 Å². The van der Waals surface area contributed by atoms with E-state index in [0.29, 0.717) is 67.3 Å². The lowest BCUT2D eigenvalue weighted by atomic mass is 10.1. The highest BCUT2D eigenvalue weighted by Crippen LogP contribution is 2.36. The molecule has 9 nitrogen and oxygen atoms in total. The minimum absolute atomic E-state index is 0.0361. The molecule has 1 atom stereocenters. The summed E-state index contributed by atoms with van der Waals surface area (Å²) in [6, 6.07) is 1.59. The molecule has 36 heavy (non-hydrogen) atoms. The van der Waals surface area contributed by atoms with E-state index in [2.05, 4.69) is 9.88 Å². The minimum Gasteiger partial charge on any atom is -0.496 e. The average molecular weight is 557 g/mol. The predicted molar refractivity (Wildman–Crippen MR) is 143 cm³/mol. The quantitative estimate of drug-likeness (QED) is 0.468. The monoisotopic (exact) mass is 556 g/mol. The summed E-state index contributed by atoms with van der Waals surface area (Å²) in [6.07, 6.45) is 4.26. The van der Waals surface area contributed by atoms with Crippen molar-refractivity contribution >= 4 is 36.5 Å². The van der Waals surface area contributed by atoms with Gasteiger partial charge in [0.2, 0.25) is 20.0 Å². The zero-order valence-corrected chi connectivity index (χ0v) is 23.9. The molecule has 3 heterocycles.